The minimum Gasteiger partial charge on any atom is -0.486 e. The molecule has 5 heteroatoms. The maximum absolute atomic E-state index is 6.25. The zero-order valence-electron chi connectivity index (χ0n) is 10.0. The normalized spacial score (nSPS) is 13.8. The van der Waals surface area contributed by atoms with E-state index in [1.165, 1.54) is 0 Å². The minimum absolute atomic E-state index is 0.551. The van der Waals surface area contributed by atoms with Gasteiger partial charge in [-0.1, -0.05) is 18.5 Å². The molecule has 1 aromatic rings. The predicted molar refractivity (Wildman–Crippen MR) is 65.7 cm³/mol. The van der Waals surface area contributed by atoms with Crippen LogP contribution in [0.25, 0.3) is 0 Å². The fourth-order valence-electron chi connectivity index (χ4n) is 1.97. The van der Waals surface area contributed by atoms with E-state index in [1.54, 1.807) is 7.11 Å². The van der Waals surface area contributed by atoms with E-state index in [9.17, 15) is 0 Å². The number of halogens is 1. The van der Waals surface area contributed by atoms with Crippen LogP contribution >= 0.6 is 11.6 Å². The lowest BCUT2D eigenvalue weighted by Crippen LogP contribution is -2.19. The molecule has 0 amide bonds. The number of rotatable bonds is 4. The molecule has 0 fully saturated rings. The molecule has 0 radical (unpaired) electrons. The van der Waals surface area contributed by atoms with E-state index < -0.39 is 0 Å². The van der Waals surface area contributed by atoms with Gasteiger partial charge in [-0.2, -0.15) is 5.48 Å². The van der Waals surface area contributed by atoms with Crippen molar-refractivity contribution in [2.24, 2.45) is 0 Å². The second-order valence-electron chi connectivity index (χ2n) is 3.72. The first-order chi connectivity index (χ1) is 8.27. The standard InChI is InChI=1S/C12H16ClNO3/c1-3-8-9(7-14-15-2)10(13)6-11-12(8)17-5-4-16-11/h6,14H,3-5,7H2,1-2H3. The summed E-state index contributed by atoms with van der Waals surface area (Å²) in [5, 5.41) is 0.677. The molecule has 0 spiro atoms. The summed E-state index contributed by atoms with van der Waals surface area (Å²) in [6, 6.07) is 1.81. The molecular formula is C12H16ClNO3. The first kappa shape index (κ1) is 12.5. The monoisotopic (exact) mass is 257 g/mol. The second kappa shape index (κ2) is 5.58. The highest BCUT2D eigenvalue weighted by atomic mass is 35.5. The van der Waals surface area contributed by atoms with Crippen LogP contribution in [0.1, 0.15) is 18.1 Å². The number of hydrogen-bond acceptors (Lipinski definition) is 4. The average molecular weight is 258 g/mol. The zero-order valence-corrected chi connectivity index (χ0v) is 10.8. The van der Waals surface area contributed by atoms with Crippen molar-refractivity contribution >= 4 is 11.6 Å². The van der Waals surface area contributed by atoms with Crippen molar-refractivity contribution in [3.05, 3.63) is 22.2 Å². The Morgan fingerprint density at radius 2 is 2.12 bits per heavy atom. The lowest BCUT2D eigenvalue weighted by molar-refractivity contribution is 0.0863. The van der Waals surface area contributed by atoms with E-state index in [0.717, 1.165) is 29.0 Å². The molecular weight excluding hydrogens is 242 g/mol. The summed E-state index contributed by atoms with van der Waals surface area (Å²) >= 11 is 6.25. The Balaban J connectivity index is 2.43. The number of hydroxylamine groups is 1. The van der Waals surface area contributed by atoms with Crippen molar-refractivity contribution in [2.45, 2.75) is 19.9 Å². The van der Waals surface area contributed by atoms with E-state index >= 15 is 0 Å². The summed E-state index contributed by atoms with van der Waals surface area (Å²) in [6.07, 6.45) is 0.840. The van der Waals surface area contributed by atoms with Crippen molar-refractivity contribution < 1.29 is 14.3 Å². The van der Waals surface area contributed by atoms with Gasteiger partial charge in [-0.05, 0) is 12.0 Å². The maximum atomic E-state index is 6.25. The number of benzene rings is 1. The summed E-state index contributed by atoms with van der Waals surface area (Å²) < 4.78 is 11.2. The van der Waals surface area contributed by atoms with Gasteiger partial charge in [-0.3, -0.25) is 0 Å². The van der Waals surface area contributed by atoms with E-state index in [-0.39, 0.29) is 0 Å². The van der Waals surface area contributed by atoms with Crippen LogP contribution < -0.4 is 15.0 Å². The second-order valence-corrected chi connectivity index (χ2v) is 4.13. The molecule has 1 aromatic carbocycles. The maximum Gasteiger partial charge on any atom is 0.164 e. The summed E-state index contributed by atoms with van der Waals surface area (Å²) in [5.41, 5.74) is 4.89. The Bertz CT molecular complexity index is 409. The van der Waals surface area contributed by atoms with Gasteiger partial charge in [0.1, 0.15) is 13.2 Å². The molecule has 1 heterocycles. The Morgan fingerprint density at radius 1 is 1.35 bits per heavy atom. The molecule has 0 aromatic heterocycles. The third-order valence-corrected chi connectivity index (χ3v) is 3.08. The van der Waals surface area contributed by atoms with E-state index in [1.807, 2.05) is 6.07 Å². The number of fused-ring (bicyclic) bond motifs is 1. The minimum atomic E-state index is 0.551. The van der Waals surface area contributed by atoms with Crippen molar-refractivity contribution in [3.8, 4) is 11.5 Å². The van der Waals surface area contributed by atoms with Crippen molar-refractivity contribution in [1.29, 1.82) is 0 Å². The average Bonchev–Trinajstić information content (AvgIpc) is 2.35. The topological polar surface area (TPSA) is 39.7 Å². The number of nitrogens with one attached hydrogen (secondary N) is 1. The SMILES string of the molecule is CCc1c(CNOC)c(Cl)cc2c1OCCO2. The van der Waals surface area contributed by atoms with Gasteiger partial charge in [-0.25, -0.2) is 0 Å². The predicted octanol–water partition coefficient (Wildman–Crippen LogP) is 2.32. The number of hydrogen-bond donors (Lipinski definition) is 1. The van der Waals surface area contributed by atoms with Gasteiger partial charge in [-0.15, -0.1) is 0 Å². The molecule has 4 nitrogen and oxygen atoms in total. The molecule has 94 valence electrons. The Labute approximate surface area is 106 Å². The van der Waals surface area contributed by atoms with Crippen LogP contribution in [0.5, 0.6) is 11.5 Å². The van der Waals surface area contributed by atoms with Crippen LogP contribution in [-0.2, 0) is 17.8 Å². The molecule has 17 heavy (non-hydrogen) atoms. The van der Waals surface area contributed by atoms with Crippen LogP contribution in [0.4, 0.5) is 0 Å². The molecule has 0 unspecified atom stereocenters. The van der Waals surface area contributed by atoms with Crippen LogP contribution in [0.2, 0.25) is 5.02 Å². The van der Waals surface area contributed by atoms with Gasteiger partial charge >= 0.3 is 0 Å². The van der Waals surface area contributed by atoms with E-state index in [2.05, 4.69) is 12.4 Å². The summed E-state index contributed by atoms with van der Waals surface area (Å²) in [5.74, 6) is 1.55. The quantitative estimate of drug-likeness (QED) is 0.841. The van der Waals surface area contributed by atoms with Gasteiger partial charge in [0.2, 0.25) is 0 Å². The van der Waals surface area contributed by atoms with Gasteiger partial charge < -0.3 is 14.3 Å². The van der Waals surface area contributed by atoms with Crippen molar-refractivity contribution in [3.63, 3.8) is 0 Å². The lowest BCUT2D eigenvalue weighted by Gasteiger charge is -2.23. The fraction of sp³-hybridized carbons (Fsp3) is 0.500. The molecule has 1 N–H and O–H groups in total. The summed E-state index contributed by atoms with van der Waals surface area (Å²) in [6.45, 7) is 3.77. The van der Waals surface area contributed by atoms with E-state index in [0.29, 0.717) is 24.8 Å². The highest BCUT2D eigenvalue weighted by Crippen LogP contribution is 2.40. The summed E-state index contributed by atoms with van der Waals surface area (Å²) in [7, 11) is 1.58. The molecule has 0 saturated heterocycles. The first-order valence-corrected chi connectivity index (χ1v) is 6.01. The first-order valence-electron chi connectivity index (χ1n) is 5.63. The highest BCUT2D eigenvalue weighted by molar-refractivity contribution is 6.31. The van der Waals surface area contributed by atoms with Crippen LogP contribution in [0.3, 0.4) is 0 Å². The molecule has 0 bridgehead atoms. The third-order valence-electron chi connectivity index (χ3n) is 2.74. The van der Waals surface area contributed by atoms with Crippen LogP contribution in [0.15, 0.2) is 6.07 Å². The lowest BCUT2D eigenvalue weighted by atomic mass is 10.0. The van der Waals surface area contributed by atoms with Gasteiger partial charge in [0, 0.05) is 23.2 Å². The Hall–Kier alpha value is -0.970. The molecule has 1 aliphatic rings. The van der Waals surface area contributed by atoms with Crippen molar-refractivity contribution in [1.82, 2.24) is 5.48 Å². The van der Waals surface area contributed by atoms with Crippen LogP contribution in [0, 0.1) is 0 Å². The third kappa shape index (κ3) is 2.49. The van der Waals surface area contributed by atoms with Crippen LogP contribution in [-0.4, -0.2) is 20.3 Å². The Morgan fingerprint density at radius 3 is 2.82 bits per heavy atom. The highest BCUT2D eigenvalue weighted by Gasteiger charge is 2.20. The molecule has 0 atom stereocenters. The molecule has 0 saturated carbocycles. The Kier molecular flexibility index (Phi) is 4.10. The summed E-state index contributed by atoms with van der Waals surface area (Å²) in [4.78, 5) is 4.86. The van der Waals surface area contributed by atoms with Gasteiger partial charge in [0.15, 0.2) is 11.5 Å². The molecule has 0 aliphatic carbocycles. The zero-order chi connectivity index (χ0) is 12.3. The number of ether oxygens (including phenoxy) is 2. The van der Waals surface area contributed by atoms with Gasteiger partial charge in [0.25, 0.3) is 0 Å². The molecule has 2 rings (SSSR count). The van der Waals surface area contributed by atoms with Crippen molar-refractivity contribution in [2.75, 3.05) is 20.3 Å². The largest absolute Gasteiger partial charge is 0.486 e. The molecule has 1 aliphatic heterocycles. The van der Waals surface area contributed by atoms with Gasteiger partial charge in [0.05, 0.1) is 7.11 Å². The smallest absolute Gasteiger partial charge is 0.164 e. The van der Waals surface area contributed by atoms with E-state index in [4.69, 9.17) is 25.9 Å². The fourth-order valence-corrected chi connectivity index (χ4v) is 2.25.